The molecule has 5 rings (SSSR count). The molecule has 7 nitrogen and oxygen atoms in total. The number of halogens is 2. The van der Waals surface area contributed by atoms with E-state index >= 15 is 0 Å². The van der Waals surface area contributed by atoms with Gasteiger partial charge in [0.2, 0.25) is 0 Å². The molecule has 1 aliphatic heterocycles. The van der Waals surface area contributed by atoms with Crippen LogP contribution in [0.4, 0.5) is 17.3 Å². The third-order valence-electron chi connectivity index (χ3n) is 5.77. The molecule has 1 aliphatic rings. The van der Waals surface area contributed by atoms with Gasteiger partial charge in [-0.2, -0.15) is 5.26 Å². The lowest BCUT2D eigenvalue weighted by molar-refractivity contribution is 0.249. The van der Waals surface area contributed by atoms with Gasteiger partial charge in [0.25, 0.3) is 0 Å². The molecule has 0 spiro atoms. The summed E-state index contributed by atoms with van der Waals surface area (Å²) in [6.07, 6.45) is 3.47. The van der Waals surface area contributed by atoms with E-state index < -0.39 is 0 Å². The lowest BCUT2D eigenvalue weighted by Crippen LogP contribution is -2.46. The van der Waals surface area contributed by atoms with Crippen LogP contribution in [0.2, 0.25) is 10.0 Å². The molecule has 34 heavy (non-hydrogen) atoms. The van der Waals surface area contributed by atoms with Gasteiger partial charge in [-0.3, -0.25) is 9.88 Å². The molecule has 0 radical (unpaired) electrons. The minimum atomic E-state index is 0.551. The molecule has 2 aromatic heterocycles. The summed E-state index contributed by atoms with van der Waals surface area (Å²) in [5, 5.41) is 14.0. The predicted octanol–water partition coefficient (Wildman–Crippen LogP) is 5.27. The fourth-order valence-electron chi connectivity index (χ4n) is 4.02. The molecular weight excluding hydrogens is 469 g/mol. The molecule has 0 bridgehead atoms. The summed E-state index contributed by atoms with van der Waals surface area (Å²) in [5.41, 5.74) is 3.82. The SMILES string of the molecule is N#Cc1ccc2nc(N3CCN(Cc4cc(Cl)ccc4Cl)CC3)c(Nc3cccnc3)nc2c1. The van der Waals surface area contributed by atoms with E-state index in [0.29, 0.717) is 21.9 Å². The molecule has 1 saturated heterocycles. The van der Waals surface area contributed by atoms with E-state index in [1.807, 2.05) is 30.3 Å². The van der Waals surface area contributed by atoms with Gasteiger partial charge in [0.15, 0.2) is 11.6 Å². The van der Waals surface area contributed by atoms with Gasteiger partial charge in [0.1, 0.15) is 0 Å². The van der Waals surface area contributed by atoms with Gasteiger partial charge < -0.3 is 10.2 Å². The Labute approximate surface area is 207 Å². The third kappa shape index (κ3) is 4.90. The maximum Gasteiger partial charge on any atom is 0.174 e. The number of hydrogen-bond donors (Lipinski definition) is 1. The first-order valence-electron chi connectivity index (χ1n) is 10.9. The average molecular weight is 490 g/mol. The summed E-state index contributed by atoms with van der Waals surface area (Å²) in [6, 6.07) is 16.9. The highest BCUT2D eigenvalue weighted by Gasteiger charge is 2.23. The zero-order chi connectivity index (χ0) is 23.5. The second-order valence-electron chi connectivity index (χ2n) is 8.08. The molecule has 0 amide bonds. The number of benzene rings is 2. The van der Waals surface area contributed by atoms with Crippen molar-refractivity contribution in [3.63, 3.8) is 0 Å². The van der Waals surface area contributed by atoms with E-state index in [1.54, 1.807) is 30.6 Å². The fourth-order valence-corrected chi connectivity index (χ4v) is 4.39. The minimum absolute atomic E-state index is 0.551. The molecule has 1 fully saturated rings. The van der Waals surface area contributed by atoms with Crippen molar-refractivity contribution >= 4 is 51.6 Å². The summed E-state index contributed by atoms with van der Waals surface area (Å²) in [4.78, 5) is 18.5. The van der Waals surface area contributed by atoms with Crippen LogP contribution in [0, 0.1) is 11.3 Å². The highest BCUT2D eigenvalue weighted by Crippen LogP contribution is 2.29. The Hall–Kier alpha value is -3.44. The highest BCUT2D eigenvalue weighted by molar-refractivity contribution is 6.33. The van der Waals surface area contributed by atoms with Gasteiger partial charge in [-0.1, -0.05) is 23.2 Å². The molecule has 1 N–H and O–H groups in total. The van der Waals surface area contributed by atoms with E-state index in [0.717, 1.165) is 60.3 Å². The number of piperazine rings is 1. The van der Waals surface area contributed by atoms with E-state index in [2.05, 4.69) is 26.2 Å². The van der Waals surface area contributed by atoms with Crippen molar-refractivity contribution in [2.45, 2.75) is 6.54 Å². The molecule has 9 heteroatoms. The Morgan fingerprint density at radius 2 is 1.82 bits per heavy atom. The maximum absolute atomic E-state index is 9.27. The third-order valence-corrected chi connectivity index (χ3v) is 6.38. The van der Waals surface area contributed by atoms with Crippen LogP contribution >= 0.6 is 23.2 Å². The van der Waals surface area contributed by atoms with Crippen LogP contribution in [0.15, 0.2) is 60.9 Å². The zero-order valence-corrected chi connectivity index (χ0v) is 19.8. The molecule has 2 aromatic carbocycles. The lowest BCUT2D eigenvalue weighted by atomic mass is 10.2. The normalized spacial score (nSPS) is 14.2. The summed E-state index contributed by atoms with van der Waals surface area (Å²) in [7, 11) is 0. The molecule has 0 unspecified atom stereocenters. The van der Waals surface area contributed by atoms with E-state index in [4.69, 9.17) is 33.2 Å². The zero-order valence-electron chi connectivity index (χ0n) is 18.2. The number of fused-ring (bicyclic) bond motifs is 1. The molecule has 0 atom stereocenters. The van der Waals surface area contributed by atoms with Crippen LogP contribution in [-0.2, 0) is 6.54 Å². The number of nitrogens with zero attached hydrogens (tertiary/aromatic N) is 6. The van der Waals surface area contributed by atoms with Crippen LogP contribution in [0.5, 0.6) is 0 Å². The van der Waals surface area contributed by atoms with E-state index in [-0.39, 0.29) is 0 Å². The molecule has 170 valence electrons. The Kier molecular flexibility index (Phi) is 6.45. The first-order valence-corrected chi connectivity index (χ1v) is 11.6. The molecule has 0 saturated carbocycles. The first kappa shape index (κ1) is 22.4. The Bertz CT molecular complexity index is 1360. The number of nitrogens with one attached hydrogen (secondary N) is 1. The van der Waals surface area contributed by atoms with Crippen molar-refractivity contribution in [1.29, 1.82) is 5.26 Å². The van der Waals surface area contributed by atoms with Gasteiger partial charge in [-0.15, -0.1) is 0 Å². The standard InChI is InChI=1S/C25H21Cl2N7/c26-19-4-5-21(27)18(13-19)16-33-8-10-34(11-9-33)25-24(30-20-2-1-7-29-15-20)31-23-12-17(14-28)3-6-22(23)32-25/h1-7,12-13,15H,8-11,16H2,(H,30,31). The highest BCUT2D eigenvalue weighted by atomic mass is 35.5. The minimum Gasteiger partial charge on any atom is -0.351 e. The number of hydrogen-bond acceptors (Lipinski definition) is 7. The Morgan fingerprint density at radius 3 is 2.59 bits per heavy atom. The largest absolute Gasteiger partial charge is 0.351 e. The van der Waals surface area contributed by atoms with Crippen LogP contribution in [0.1, 0.15) is 11.1 Å². The Balaban J connectivity index is 1.40. The van der Waals surface area contributed by atoms with Crippen molar-refractivity contribution in [2.24, 2.45) is 0 Å². The number of anilines is 3. The molecule has 0 aliphatic carbocycles. The summed E-state index contributed by atoms with van der Waals surface area (Å²) in [6.45, 7) is 4.02. The number of nitriles is 1. The van der Waals surface area contributed by atoms with Crippen molar-refractivity contribution in [3.8, 4) is 6.07 Å². The van der Waals surface area contributed by atoms with Gasteiger partial charge in [0.05, 0.1) is 34.6 Å². The number of rotatable bonds is 5. The Morgan fingerprint density at radius 1 is 0.971 bits per heavy atom. The van der Waals surface area contributed by atoms with Crippen LogP contribution < -0.4 is 10.2 Å². The van der Waals surface area contributed by atoms with Crippen molar-refractivity contribution < 1.29 is 0 Å². The predicted molar refractivity (Wildman–Crippen MR) is 136 cm³/mol. The monoisotopic (exact) mass is 489 g/mol. The van der Waals surface area contributed by atoms with Crippen LogP contribution in [0.3, 0.4) is 0 Å². The second kappa shape index (κ2) is 9.82. The molecule has 3 heterocycles. The fraction of sp³-hybridized carbons (Fsp3) is 0.200. The van der Waals surface area contributed by atoms with Gasteiger partial charge >= 0.3 is 0 Å². The van der Waals surface area contributed by atoms with Crippen molar-refractivity contribution in [3.05, 3.63) is 82.1 Å². The molecule has 4 aromatic rings. The van der Waals surface area contributed by atoms with Crippen molar-refractivity contribution in [1.82, 2.24) is 19.9 Å². The van der Waals surface area contributed by atoms with E-state index in [9.17, 15) is 5.26 Å². The van der Waals surface area contributed by atoms with Crippen molar-refractivity contribution in [2.75, 3.05) is 36.4 Å². The second-order valence-corrected chi connectivity index (χ2v) is 8.92. The van der Waals surface area contributed by atoms with E-state index in [1.165, 1.54) is 0 Å². The summed E-state index contributed by atoms with van der Waals surface area (Å²) in [5.74, 6) is 1.42. The summed E-state index contributed by atoms with van der Waals surface area (Å²) >= 11 is 12.5. The number of aromatic nitrogens is 3. The maximum atomic E-state index is 9.27. The first-order chi connectivity index (χ1) is 16.6. The van der Waals surface area contributed by atoms with Gasteiger partial charge in [-0.25, -0.2) is 9.97 Å². The topological polar surface area (TPSA) is 81.0 Å². The average Bonchev–Trinajstić information content (AvgIpc) is 2.86. The quantitative estimate of drug-likeness (QED) is 0.408. The van der Waals surface area contributed by atoms with Crippen LogP contribution in [0.25, 0.3) is 11.0 Å². The summed E-state index contributed by atoms with van der Waals surface area (Å²) < 4.78 is 0. The number of pyridine rings is 1. The smallest absolute Gasteiger partial charge is 0.174 e. The van der Waals surface area contributed by atoms with Gasteiger partial charge in [-0.05, 0) is 54.1 Å². The van der Waals surface area contributed by atoms with Crippen LogP contribution in [-0.4, -0.2) is 46.0 Å². The lowest BCUT2D eigenvalue weighted by Gasteiger charge is -2.36. The van der Waals surface area contributed by atoms with Gasteiger partial charge in [0, 0.05) is 49.0 Å². The molecular formula is C25H21Cl2N7.